The minimum absolute atomic E-state index is 0.0323. The highest BCUT2D eigenvalue weighted by atomic mass is 32.2. The van der Waals surface area contributed by atoms with Gasteiger partial charge in [-0.05, 0) is 37.5 Å². The Balaban J connectivity index is 1.80. The van der Waals surface area contributed by atoms with Crippen molar-refractivity contribution in [1.29, 1.82) is 0 Å². The number of carbonyl (C=O) groups excluding carboxylic acids is 1. The van der Waals surface area contributed by atoms with E-state index in [1.54, 1.807) is 24.3 Å². The van der Waals surface area contributed by atoms with Gasteiger partial charge in [0.15, 0.2) is 9.84 Å². The van der Waals surface area contributed by atoms with E-state index in [0.29, 0.717) is 6.54 Å². The van der Waals surface area contributed by atoms with E-state index in [0.717, 1.165) is 25.0 Å². The molecule has 2 amide bonds. The molecule has 0 bridgehead atoms. The van der Waals surface area contributed by atoms with E-state index in [1.807, 2.05) is 6.92 Å². The molecule has 1 fully saturated rings. The van der Waals surface area contributed by atoms with Crippen molar-refractivity contribution in [2.45, 2.75) is 43.4 Å². The lowest BCUT2D eigenvalue weighted by Crippen LogP contribution is -2.45. The molecule has 6 nitrogen and oxygen atoms in total. The number of urea groups is 1. The molecule has 0 aliphatic carbocycles. The summed E-state index contributed by atoms with van der Waals surface area (Å²) in [7, 11) is -3.19. The highest BCUT2D eigenvalue weighted by Gasteiger charge is 2.23. The number of nitrogens with one attached hydrogen (secondary N) is 2. The highest BCUT2D eigenvalue weighted by Crippen LogP contribution is 2.15. The fourth-order valence-corrected chi connectivity index (χ4v) is 3.01. The number of hydrogen-bond acceptors (Lipinski definition) is 4. The number of sulfone groups is 1. The lowest BCUT2D eigenvalue weighted by molar-refractivity contribution is 0.0860. The van der Waals surface area contributed by atoms with Crippen LogP contribution >= 0.6 is 0 Å². The SMILES string of the molecule is C[C@@H](NC(=O)NCc1ccc(S(C)(=O)=O)cc1)[C@@H]1CCCO1. The van der Waals surface area contributed by atoms with Gasteiger partial charge in [0.2, 0.25) is 0 Å². The summed E-state index contributed by atoms with van der Waals surface area (Å²) in [6.45, 7) is 3.02. The molecular formula is C15H22N2O4S. The third kappa shape index (κ3) is 4.71. The van der Waals surface area contributed by atoms with Crippen molar-refractivity contribution in [3.63, 3.8) is 0 Å². The third-order valence-electron chi connectivity index (χ3n) is 3.69. The molecule has 0 spiro atoms. The van der Waals surface area contributed by atoms with Crippen molar-refractivity contribution in [2.75, 3.05) is 12.9 Å². The Labute approximate surface area is 131 Å². The topological polar surface area (TPSA) is 84.5 Å². The summed E-state index contributed by atoms with van der Waals surface area (Å²) < 4.78 is 28.3. The molecule has 0 radical (unpaired) electrons. The Morgan fingerprint density at radius 2 is 2.05 bits per heavy atom. The summed E-state index contributed by atoms with van der Waals surface area (Å²) in [6.07, 6.45) is 3.25. The lowest BCUT2D eigenvalue weighted by atomic mass is 10.1. The zero-order valence-electron chi connectivity index (χ0n) is 12.8. The number of ether oxygens (including phenoxy) is 1. The molecule has 7 heteroatoms. The van der Waals surface area contributed by atoms with Gasteiger partial charge in [0.1, 0.15) is 0 Å². The summed E-state index contributed by atoms with van der Waals surface area (Å²) >= 11 is 0. The zero-order chi connectivity index (χ0) is 16.2. The van der Waals surface area contributed by atoms with Crippen molar-refractivity contribution < 1.29 is 17.9 Å². The van der Waals surface area contributed by atoms with Gasteiger partial charge < -0.3 is 15.4 Å². The van der Waals surface area contributed by atoms with Crippen molar-refractivity contribution >= 4 is 15.9 Å². The van der Waals surface area contributed by atoms with Crippen LogP contribution in [0.2, 0.25) is 0 Å². The fourth-order valence-electron chi connectivity index (χ4n) is 2.38. The molecule has 0 aromatic heterocycles. The van der Waals surface area contributed by atoms with Crippen LogP contribution in [0.3, 0.4) is 0 Å². The molecular weight excluding hydrogens is 304 g/mol. The second kappa shape index (κ2) is 7.11. The van der Waals surface area contributed by atoms with E-state index in [-0.39, 0.29) is 23.1 Å². The van der Waals surface area contributed by atoms with Crippen molar-refractivity contribution in [3.8, 4) is 0 Å². The summed E-state index contributed by atoms with van der Waals surface area (Å²) in [5, 5.41) is 5.61. The zero-order valence-corrected chi connectivity index (χ0v) is 13.7. The Bertz CT molecular complexity index is 607. The van der Waals surface area contributed by atoms with Crippen LogP contribution in [0.1, 0.15) is 25.3 Å². The number of hydrogen-bond donors (Lipinski definition) is 2. The Kier molecular flexibility index (Phi) is 5.42. The van der Waals surface area contributed by atoms with Crippen LogP contribution in [0.25, 0.3) is 0 Å². The monoisotopic (exact) mass is 326 g/mol. The number of carbonyl (C=O) groups is 1. The van der Waals surface area contributed by atoms with Crippen LogP contribution in [0.15, 0.2) is 29.2 Å². The minimum atomic E-state index is -3.19. The maximum absolute atomic E-state index is 11.8. The first kappa shape index (κ1) is 16.8. The van der Waals surface area contributed by atoms with E-state index in [9.17, 15) is 13.2 Å². The predicted molar refractivity (Wildman–Crippen MR) is 83.4 cm³/mol. The molecule has 1 aliphatic rings. The Hall–Kier alpha value is -1.60. The number of amides is 2. The molecule has 122 valence electrons. The first-order chi connectivity index (χ1) is 10.4. The summed E-state index contributed by atoms with van der Waals surface area (Å²) in [4.78, 5) is 12.1. The molecule has 2 atom stereocenters. The van der Waals surface area contributed by atoms with Gasteiger partial charge >= 0.3 is 6.03 Å². The van der Waals surface area contributed by atoms with Gasteiger partial charge in [0, 0.05) is 19.4 Å². The standard InChI is InChI=1S/C15H22N2O4S/c1-11(14-4-3-9-21-14)17-15(18)16-10-12-5-7-13(8-6-12)22(2,19)20/h5-8,11,14H,3-4,9-10H2,1-2H3,(H2,16,17,18)/t11-,14+/m1/s1. The summed E-state index contributed by atoms with van der Waals surface area (Å²) in [6, 6.07) is 6.18. The average molecular weight is 326 g/mol. The molecule has 2 N–H and O–H groups in total. The maximum Gasteiger partial charge on any atom is 0.315 e. The third-order valence-corrected chi connectivity index (χ3v) is 4.81. The molecule has 1 aromatic carbocycles. The average Bonchev–Trinajstić information content (AvgIpc) is 2.99. The van der Waals surface area contributed by atoms with Gasteiger partial charge in [0.25, 0.3) is 0 Å². The van der Waals surface area contributed by atoms with Crippen LogP contribution < -0.4 is 10.6 Å². The second-order valence-corrected chi connectivity index (χ2v) is 7.60. The molecule has 1 heterocycles. The van der Waals surface area contributed by atoms with Crippen LogP contribution in [-0.4, -0.2) is 39.5 Å². The van der Waals surface area contributed by atoms with Crippen LogP contribution in [0.4, 0.5) is 4.79 Å². The molecule has 0 saturated carbocycles. The van der Waals surface area contributed by atoms with E-state index in [2.05, 4.69) is 10.6 Å². The van der Waals surface area contributed by atoms with Gasteiger partial charge in [0.05, 0.1) is 17.0 Å². The van der Waals surface area contributed by atoms with E-state index in [1.165, 1.54) is 6.26 Å². The molecule has 1 aromatic rings. The van der Waals surface area contributed by atoms with Gasteiger partial charge in [-0.15, -0.1) is 0 Å². The molecule has 1 saturated heterocycles. The molecule has 1 aliphatic heterocycles. The van der Waals surface area contributed by atoms with E-state index in [4.69, 9.17) is 4.74 Å². The van der Waals surface area contributed by atoms with Gasteiger partial charge in [-0.25, -0.2) is 13.2 Å². The number of rotatable bonds is 5. The smallest absolute Gasteiger partial charge is 0.315 e. The van der Waals surface area contributed by atoms with Crippen LogP contribution in [0.5, 0.6) is 0 Å². The summed E-state index contributed by atoms with van der Waals surface area (Å²) in [5.74, 6) is 0. The van der Waals surface area contributed by atoms with Gasteiger partial charge in [-0.3, -0.25) is 0 Å². The predicted octanol–water partition coefficient (Wildman–Crippen LogP) is 1.46. The van der Waals surface area contributed by atoms with E-state index < -0.39 is 9.84 Å². The minimum Gasteiger partial charge on any atom is -0.376 e. The Morgan fingerprint density at radius 1 is 1.36 bits per heavy atom. The van der Waals surface area contributed by atoms with Crippen molar-refractivity contribution in [2.24, 2.45) is 0 Å². The van der Waals surface area contributed by atoms with Crippen molar-refractivity contribution in [3.05, 3.63) is 29.8 Å². The molecule has 22 heavy (non-hydrogen) atoms. The maximum atomic E-state index is 11.8. The van der Waals surface area contributed by atoms with Crippen LogP contribution in [0, 0.1) is 0 Å². The first-order valence-electron chi connectivity index (χ1n) is 7.31. The summed E-state index contributed by atoms with van der Waals surface area (Å²) in [5.41, 5.74) is 0.840. The largest absolute Gasteiger partial charge is 0.376 e. The number of benzene rings is 1. The van der Waals surface area contributed by atoms with E-state index >= 15 is 0 Å². The Morgan fingerprint density at radius 3 is 2.59 bits per heavy atom. The fraction of sp³-hybridized carbons (Fsp3) is 0.533. The van der Waals surface area contributed by atoms with Gasteiger partial charge in [-0.2, -0.15) is 0 Å². The highest BCUT2D eigenvalue weighted by molar-refractivity contribution is 7.90. The molecule has 2 rings (SSSR count). The normalized spacial score (nSPS) is 19.6. The van der Waals surface area contributed by atoms with Crippen molar-refractivity contribution in [1.82, 2.24) is 10.6 Å². The molecule has 0 unspecified atom stereocenters. The first-order valence-corrected chi connectivity index (χ1v) is 9.20. The second-order valence-electron chi connectivity index (χ2n) is 5.58. The lowest BCUT2D eigenvalue weighted by Gasteiger charge is -2.20. The van der Waals surface area contributed by atoms with Crippen LogP contribution in [-0.2, 0) is 21.1 Å². The quantitative estimate of drug-likeness (QED) is 0.858. The van der Waals surface area contributed by atoms with Gasteiger partial charge in [-0.1, -0.05) is 12.1 Å².